The van der Waals surface area contributed by atoms with Gasteiger partial charge in [0.05, 0.1) is 7.11 Å². The number of hydrogen-bond donors (Lipinski definition) is 2. The third-order valence-corrected chi connectivity index (χ3v) is 3.18. The minimum atomic E-state index is -0.218. The largest absolute Gasteiger partial charge is 0.508 e. The van der Waals surface area contributed by atoms with Crippen LogP contribution in [0.3, 0.4) is 0 Å². The molecule has 0 saturated heterocycles. The molecule has 104 valence electrons. The normalized spacial score (nSPS) is 10.1. The molecule has 0 atom stereocenters. The van der Waals surface area contributed by atoms with E-state index in [9.17, 15) is 9.90 Å². The van der Waals surface area contributed by atoms with Gasteiger partial charge in [-0.25, -0.2) is 0 Å². The number of phenolic OH excluding ortho intramolecular Hbond substituents is 1. The zero-order valence-corrected chi connectivity index (χ0v) is 11.5. The molecule has 2 rings (SSSR count). The van der Waals surface area contributed by atoms with Crippen LogP contribution < -0.4 is 10.1 Å². The van der Waals surface area contributed by atoms with E-state index in [1.54, 1.807) is 32.2 Å². The Balaban J connectivity index is 2.11. The van der Waals surface area contributed by atoms with E-state index >= 15 is 0 Å². The van der Waals surface area contributed by atoms with E-state index < -0.39 is 0 Å². The summed E-state index contributed by atoms with van der Waals surface area (Å²) >= 11 is 0. The molecule has 0 heterocycles. The summed E-state index contributed by atoms with van der Waals surface area (Å²) in [7, 11) is 1.60. The second-order valence-electron chi connectivity index (χ2n) is 4.44. The van der Waals surface area contributed by atoms with E-state index in [2.05, 4.69) is 5.32 Å². The van der Waals surface area contributed by atoms with Crippen LogP contribution in [0.5, 0.6) is 11.5 Å². The first-order valence-electron chi connectivity index (χ1n) is 6.32. The second kappa shape index (κ2) is 6.10. The van der Waals surface area contributed by atoms with Crippen LogP contribution in [0.1, 0.15) is 21.5 Å². The van der Waals surface area contributed by atoms with Gasteiger partial charge in [0, 0.05) is 23.2 Å². The van der Waals surface area contributed by atoms with E-state index in [0.717, 1.165) is 11.3 Å². The molecule has 4 heteroatoms. The zero-order chi connectivity index (χ0) is 14.5. The van der Waals surface area contributed by atoms with Crippen molar-refractivity contribution in [2.45, 2.75) is 13.5 Å². The van der Waals surface area contributed by atoms with E-state index in [4.69, 9.17) is 4.74 Å². The monoisotopic (exact) mass is 271 g/mol. The molecule has 0 aliphatic heterocycles. The lowest BCUT2D eigenvalue weighted by atomic mass is 10.1. The summed E-state index contributed by atoms with van der Waals surface area (Å²) in [6.45, 7) is 2.09. The Hall–Kier alpha value is -2.49. The lowest BCUT2D eigenvalue weighted by Crippen LogP contribution is -2.23. The molecular weight excluding hydrogens is 254 g/mol. The fourth-order valence-corrected chi connectivity index (χ4v) is 1.99. The van der Waals surface area contributed by atoms with Gasteiger partial charge in [-0.05, 0) is 25.1 Å². The van der Waals surface area contributed by atoms with Crippen molar-refractivity contribution < 1.29 is 14.6 Å². The third kappa shape index (κ3) is 2.91. The molecule has 2 N–H and O–H groups in total. The number of rotatable bonds is 4. The zero-order valence-electron chi connectivity index (χ0n) is 11.5. The highest BCUT2D eigenvalue weighted by atomic mass is 16.5. The molecule has 20 heavy (non-hydrogen) atoms. The predicted molar refractivity (Wildman–Crippen MR) is 77.0 cm³/mol. The van der Waals surface area contributed by atoms with Gasteiger partial charge in [-0.3, -0.25) is 4.79 Å². The van der Waals surface area contributed by atoms with Gasteiger partial charge in [0.2, 0.25) is 0 Å². The molecule has 0 bridgehead atoms. The van der Waals surface area contributed by atoms with Crippen molar-refractivity contribution in [1.82, 2.24) is 5.32 Å². The molecule has 0 aliphatic rings. The van der Waals surface area contributed by atoms with E-state index in [-0.39, 0.29) is 11.7 Å². The fourth-order valence-electron chi connectivity index (χ4n) is 1.99. The molecule has 2 aromatic rings. The molecule has 0 fully saturated rings. The molecule has 0 saturated carbocycles. The van der Waals surface area contributed by atoms with Crippen molar-refractivity contribution >= 4 is 5.91 Å². The molecule has 4 nitrogen and oxygen atoms in total. The van der Waals surface area contributed by atoms with Gasteiger partial charge >= 0.3 is 0 Å². The van der Waals surface area contributed by atoms with Crippen LogP contribution >= 0.6 is 0 Å². The maximum Gasteiger partial charge on any atom is 0.251 e. The molecule has 0 radical (unpaired) electrons. The Bertz CT molecular complexity index is 623. The Morgan fingerprint density at radius 1 is 1.20 bits per heavy atom. The Labute approximate surface area is 118 Å². The number of methoxy groups -OCH3 is 1. The summed E-state index contributed by atoms with van der Waals surface area (Å²) in [5.74, 6) is 0.639. The van der Waals surface area contributed by atoms with E-state index in [1.807, 2.05) is 24.3 Å². The Morgan fingerprint density at radius 2 is 1.95 bits per heavy atom. The number of ether oxygens (including phenoxy) is 1. The van der Waals surface area contributed by atoms with Gasteiger partial charge in [-0.15, -0.1) is 0 Å². The van der Waals surface area contributed by atoms with Gasteiger partial charge in [0.15, 0.2) is 0 Å². The Kier molecular flexibility index (Phi) is 4.25. The number of nitrogens with one attached hydrogen (secondary N) is 1. The summed E-state index contributed by atoms with van der Waals surface area (Å²) in [5.41, 5.74) is 1.95. The molecule has 2 aromatic carbocycles. The molecule has 0 unspecified atom stereocenters. The summed E-state index contributed by atoms with van der Waals surface area (Å²) in [5, 5.41) is 12.4. The van der Waals surface area contributed by atoms with E-state index in [1.165, 1.54) is 0 Å². The number of amides is 1. The highest BCUT2D eigenvalue weighted by Crippen LogP contribution is 2.20. The number of benzene rings is 2. The number of phenols is 1. The lowest BCUT2D eigenvalue weighted by Gasteiger charge is -2.11. The maximum absolute atomic E-state index is 12.1. The lowest BCUT2D eigenvalue weighted by molar-refractivity contribution is 0.0949. The van der Waals surface area contributed by atoms with Gasteiger partial charge in [-0.1, -0.05) is 24.3 Å². The van der Waals surface area contributed by atoms with Crippen molar-refractivity contribution in [3.63, 3.8) is 0 Å². The standard InChI is InChI=1S/C16H17NO3/c1-11-13(7-5-8-14(11)18)16(19)17-10-12-6-3-4-9-15(12)20-2/h3-9,18H,10H2,1-2H3,(H,17,19). The minimum Gasteiger partial charge on any atom is -0.508 e. The third-order valence-electron chi connectivity index (χ3n) is 3.18. The van der Waals surface area contributed by atoms with Crippen molar-refractivity contribution in [3.8, 4) is 11.5 Å². The number of hydrogen-bond acceptors (Lipinski definition) is 3. The van der Waals surface area contributed by atoms with E-state index in [0.29, 0.717) is 17.7 Å². The molecule has 0 aliphatic carbocycles. The average molecular weight is 271 g/mol. The van der Waals surface area contributed by atoms with Crippen LogP contribution in [0.4, 0.5) is 0 Å². The SMILES string of the molecule is COc1ccccc1CNC(=O)c1cccc(O)c1C. The fraction of sp³-hybridized carbons (Fsp3) is 0.188. The molecular formula is C16H17NO3. The minimum absolute atomic E-state index is 0.120. The topological polar surface area (TPSA) is 58.6 Å². The van der Waals surface area contributed by atoms with Crippen LogP contribution in [0.15, 0.2) is 42.5 Å². The van der Waals surface area contributed by atoms with Crippen LogP contribution in [-0.2, 0) is 6.54 Å². The summed E-state index contributed by atoms with van der Waals surface area (Å²) in [6, 6.07) is 12.4. The molecule has 0 aromatic heterocycles. The molecule has 0 spiro atoms. The average Bonchev–Trinajstić information content (AvgIpc) is 2.48. The van der Waals surface area contributed by atoms with Gasteiger partial charge in [0.25, 0.3) is 5.91 Å². The van der Waals surface area contributed by atoms with Crippen LogP contribution in [0.2, 0.25) is 0 Å². The highest BCUT2D eigenvalue weighted by Gasteiger charge is 2.11. The van der Waals surface area contributed by atoms with Crippen molar-refractivity contribution in [3.05, 3.63) is 59.2 Å². The first kappa shape index (κ1) is 13.9. The summed E-state index contributed by atoms with van der Waals surface area (Å²) < 4.78 is 5.23. The number of carbonyl (C=O) groups is 1. The van der Waals surface area contributed by atoms with Crippen LogP contribution in [0.25, 0.3) is 0 Å². The second-order valence-corrected chi connectivity index (χ2v) is 4.44. The van der Waals surface area contributed by atoms with Gasteiger partial charge < -0.3 is 15.2 Å². The summed E-state index contributed by atoms with van der Waals surface area (Å²) in [6.07, 6.45) is 0. The number of carbonyl (C=O) groups excluding carboxylic acids is 1. The van der Waals surface area contributed by atoms with Gasteiger partial charge in [-0.2, -0.15) is 0 Å². The number of para-hydroxylation sites is 1. The smallest absolute Gasteiger partial charge is 0.251 e. The van der Waals surface area contributed by atoms with Gasteiger partial charge in [0.1, 0.15) is 11.5 Å². The summed E-state index contributed by atoms with van der Waals surface area (Å²) in [4.78, 5) is 12.1. The molecule has 1 amide bonds. The van der Waals surface area contributed by atoms with Crippen LogP contribution in [-0.4, -0.2) is 18.1 Å². The van der Waals surface area contributed by atoms with Crippen LogP contribution in [0, 0.1) is 6.92 Å². The highest BCUT2D eigenvalue weighted by molar-refractivity contribution is 5.96. The maximum atomic E-state index is 12.1. The van der Waals surface area contributed by atoms with Crippen molar-refractivity contribution in [2.75, 3.05) is 7.11 Å². The predicted octanol–water partition coefficient (Wildman–Crippen LogP) is 2.64. The van der Waals surface area contributed by atoms with Crippen molar-refractivity contribution in [2.24, 2.45) is 0 Å². The number of aromatic hydroxyl groups is 1. The first-order chi connectivity index (χ1) is 9.63. The quantitative estimate of drug-likeness (QED) is 0.898. The Morgan fingerprint density at radius 3 is 2.70 bits per heavy atom. The van der Waals surface area contributed by atoms with Crippen molar-refractivity contribution in [1.29, 1.82) is 0 Å². The first-order valence-corrected chi connectivity index (χ1v) is 6.32.